The number of ether oxygens (including phenoxy) is 1. The molecule has 7 heteroatoms. The number of benzene rings is 2. The van der Waals surface area contributed by atoms with Gasteiger partial charge in [-0.1, -0.05) is 11.6 Å². The van der Waals surface area contributed by atoms with Gasteiger partial charge in [0.2, 0.25) is 0 Å². The van der Waals surface area contributed by atoms with Gasteiger partial charge < -0.3 is 20.3 Å². The van der Waals surface area contributed by atoms with E-state index in [9.17, 15) is 15.0 Å². The van der Waals surface area contributed by atoms with Crippen LogP contribution in [0, 0.1) is 0 Å². The summed E-state index contributed by atoms with van der Waals surface area (Å²) in [5.41, 5.74) is 0.537. The van der Waals surface area contributed by atoms with Gasteiger partial charge >= 0.3 is 0 Å². The Hall–Kier alpha value is -1.92. The third-order valence-electron chi connectivity index (χ3n) is 3.00. The quantitative estimate of drug-likeness (QED) is 0.752. The van der Waals surface area contributed by atoms with Gasteiger partial charge in [-0.2, -0.15) is 0 Å². The lowest BCUT2D eigenvalue weighted by atomic mass is 10.1. The second kappa shape index (κ2) is 6.89. The molecule has 0 saturated carbocycles. The SMILES string of the molecule is COc1ccc(O)c(CNC(=O)c2cc(Cl)cc(Br)c2O)c1. The lowest BCUT2D eigenvalue weighted by Gasteiger charge is -2.10. The van der Waals surface area contributed by atoms with Gasteiger partial charge in [-0.15, -0.1) is 0 Å². The molecule has 0 aliphatic heterocycles. The molecule has 0 bridgehead atoms. The van der Waals surface area contributed by atoms with Crippen LogP contribution in [-0.4, -0.2) is 23.2 Å². The summed E-state index contributed by atoms with van der Waals surface area (Å²) in [4.78, 5) is 12.1. The summed E-state index contributed by atoms with van der Waals surface area (Å²) >= 11 is 8.99. The van der Waals surface area contributed by atoms with Gasteiger partial charge in [0.05, 0.1) is 17.1 Å². The minimum absolute atomic E-state index is 0.0394. The van der Waals surface area contributed by atoms with Crippen LogP contribution in [0.1, 0.15) is 15.9 Å². The van der Waals surface area contributed by atoms with Gasteiger partial charge in [-0.05, 0) is 46.3 Å². The molecule has 0 atom stereocenters. The lowest BCUT2D eigenvalue weighted by Crippen LogP contribution is -2.23. The Morgan fingerprint density at radius 1 is 1.32 bits per heavy atom. The predicted octanol–water partition coefficient (Wildman–Crippen LogP) is 3.45. The van der Waals surface area contributed by atoms with Crippen molar-refractivity contribution in [1.82, 2.24) is 5.32 Å². The van der Waals surface area contributed by atoms with Crippen LogP contribution in [-0.2, 0) is 6.54 Å². The second-order valence-corrected chi connectivity index (χ2v) is 5.75. The molecule has 5 nitrogen and oxygen atoms in total. The van der Waals surface area contributed by atoms with Crippen molar-refractivity contribution in [3.63, 3.8) is 0 Å². The Bertz CT molecular complexity index is 721. The number of aromatic hydroxyl groups is 2. The largest absolute Gasteiger partial charge is 0.508 e. The number of carbonyl (C=O) groups excluding carboxylic acids is 1. The molecule has 0 saturated heterocycles. The number of methoxy groups -OCH3 is 1. The third-order valence-corrected chi connectivity index (χ3v) is 3.82. The first-order valence-corrected chi connectivity index (χ1v) is 7.41. The number of phenols is 2. The topological polar surface area (TPSA) is 78.8 Å². The van der Waals surface area contributed by atoms with Crippen molar-refractivity contribution in [1.29, 1.82) is 0 Å². The van der Waals surface area contributed by atoms with E-state index in [0.717, 1.165) is 0 Å². The molecule has 0 fully saturated rings. The van der Waals surface area contributed by atoms with E-state index >= 15 is 0 Å². The minimum Gasteiger partial charge on any atom is -0.508 e. The number of carbonyl (C=O) groups is 1. The highest BCUT2D eigenvalue weighted by molar-refractivity contribution is 9.10. The molecule has 2 rings (SSSR count). The van der Waals surface area contributed by atoms with Crippen LogP contribution in [0.15, 0.2) is 34.8 Å². The summed E-state index contributed by atoms with van der Waals surface area (Å²) in [5.74, 6) is -0.104. The molecule has 0 heterocycles. The Morgan fingerprint density at radius 2 is 2.05 bits per heavy atom. The summed E-state index contributed by atoms with van der Waals surface area (Å²) in [5, 5.41) is 22.6. The van der Waals surface area contributed by atoms with Gasteiger partial charge in [-0.3, -0.25) is 4.79 Å². The van der Waals surface area contributed by atoms with Crippen LogP contribution in [0.4, 0.5) is 0 Å². The zero-order chi connectivity index (χ0) is 16.3. The molecule has 0 aromatic heterocycles. The van der Waals surface area contributed by atoms with Crippen molar-refractivity contribution < 1.29 is 19.7 Å². The van der Waals surface area contributed by atoms with Crippen LogP contribution in [0.3, 0.4) is 0 Å². The molecule has 116 valence electrons. The highest BCUT2D eigenvalue weighted by Gasteiger charge is 2.15. The lowest BCUT2D eigenvalue weighted by molar-refractivity contribution is 0.0948. The number of phenolic OH excluding ortho intramolecular Hbond substituents is 2. The van der Waals surface area contributed by atoms with E-state index in [2.05, 4.69) is 21.2 Å². The number of hydrogen-bond acceptors (Lipinski definition) is 4. The van der Waals surface area contributed by atoms with Crippen LogP contribution < -0.4 is 10.1 Å². The molecule has 0 spiro atoms. The number of halogens is 2. The number of hydrogen-bond donors (Lipinski definition) is 3. The molecule has 2 aromatic rings. The summed E-state index contributed by atoms with van der Waals surface area (Å²) in [6.45, 7) is 0.0748. The van der Waals surface area contributed by atoms with Gasteiger partial charge in [-0.25, -0.2) is 0 Å². The highest BCUT2D eigenvalue weighted by atomic mass is 79.9. The van der Waals surface area contributed by atoms with Crippen molar-refractivity contribution in [2.75, 3.05) is 7.11 Å². The maximum atomic E-state index is 12.1. The van der Waals surface area contributed by atoms with Crippen molar-refractivity contribution >= 4 is 33.4 Å². The molecular weight excluding hydrogens is 374 g/mol. The van der Waals surface area contributed by atoms with Crippen LogP contribution >= 0.6 is 27.5 Å². The van der Waals surface area contributed by atoms with E-state index in [1.165, 1.54) is 25.3 Å². The first-order valence-electron chi connectivity index (χ1n) is 6.24. The second-order valence-electron chi connectivity index (χ2n) is 4.46. The van der Waals surface area contributed by atoms with E-state index in [0.29, 0.717) is 20.8 Å². The van der Waals surface area contributed by atoms with Crippen molar-refractivity contribution in [2.45, 2.75) is 6.54 Å². The first-order chi connectivity index (χ1) is 10.4. The van der Waals surface area contributed by atoms with Crippen molar-refractivity contribution in [2.24, 2.45) is 0 Å². The van der Waals surface area contributed by atoms with Crippen LogP contribution in [0.2, 0.25) is 5.02 Å². The molecule has 3 N–H and O–H groups in total. The van der Waals surface area contributed by atoms with E-state index in [4.69, 9.17) is 16.3 Å². The van der Waals surface area contributed by atoms with Crippen molar-refractivity contribution in [3.05, 3.63) is 51.0 Å². The Morgan fingerprint density at radius 3 is 2.73 bits per heavy atom. The summed E-state index contributed by atoms with van der Waals surface area (Å²) in [6, 6.07) is 7.56. The maximum Gasteiger partial charge on any atom is 0.255 e. The molecule has 0 aliphatic rings. The molecule has 2 aromatic carbocycles. The maximum absolute atomic E-state index is 12.1. The average molecular weight is 387 g/mol. The molecule has 1 amide bonds. The molecule has 0 aliphatic carbocycles. The van der Waals surface area contributed by atoms with Crippen LogP contribution in [0.5, 0.6) is 17.2 Å². The van der Waals surface area contributed by atoms with Crippen molar-refractivity contribution in [3.8, 4) is 17.2 Å². The molecule has 22 heavy (non-hydrogen) atoms. The minimum atomic E-state index is -0.511. The average Bonchev–Trinajstić information content (AvgIpc) is 2.49. The number of amides is 1. The third kappa shape index (κ3) is 3.64. The number of nitrogens with one attached hydrogen (secondary N) is 1. The van der Waals surface area contributed by atoms with E-state index in [-0.39, 0.29) is 23.6 Å². The zero-order valence-corrected chi connectivity index (χ0v) is 13.9. The smallest absolute Gasteiger partial charge is 0.255 e. The van der Waals surface area contributed by atoms with E-state index in [1.54, 1.807) is 12.1 Å². The standard InChI is InChI=1S/C15H13BrClNO4/c1-22-10-2-3-13(19)8(4-10)7-18-15(21)11-5-9(17)6-12(16)14(11)20/h2-6,19-20H,7H2,1H3,(H,18,21). The predicted molar refractivity (Wildman–Crippen MR) is 86.6 cm³/mol. The monoisotopic (exact) mass is 385 g/mol. The summed E-state index contributed by atoms with van der Waals surface area (Å²) in [6.07, 6.45) is 0. The fourth-order valence-corrected chi connectivity index (χ4v) is 2.65. The summed E-state index contributed by atoms with van der Waals surface area (Å²) < 4.78 is 5.39. The Balaban J connectivity index is 2.17. The Kier molecular flexibility index (Phi) is 5.15. The van der Waals surface area contributed by atoms with Gasteiger partial charge in [0.25, 0.3) is 5.91 Å². The Labute approximate surface area is 140 Å². The normalized spacial score (nSPS) is 10.3. The zero-order valence-electron chi connectivity index (χ0n) is 11.6. The first kappa shape index (κ1) is 16.5. The van der Waals surface area contributed by atoms with Gasteiger partial charge in [0.15, 0.2) is 0 Å². The van der Waals surface area contributed by atoms with Gasteiger partial charge in [0, 0.05) is 17.1 Å². The van der Waals surface area contributed by atoms with E-state index in [1.807, 2.05) is 0 Å². The van der Waals surface area contributed by atoms with Crippen LogP contribution in [0.25, 0.3) is 0 Å². The number of rotatable bonds is 4. The highest BCUT2D eigenvalue weighted by Crippen LogP contribution is 2.31. The fourth-order valence-electron chi connectivity index (χ4n) is 1.84. The van der Waals surface area contributed by atoms with E-state index < -0.39 is 5.91 Å². The summed E-state index contributed by atoms with van der Waals surface area (Å²) in [7, 11) is 1.51. The molecule has 0 radical (unpaired) electrons. The fraction of sp³-hybridized carbons (Fsp3) is 0.133. The molecule has 0 unspecified atom stereocenters. The van der Waals surface area contributed by atoms with Gasteiger partial charge in [0.1, 0.15) is 17.2 Å². The molecular formula is C15H13BrClNO4.